The second-order valence-electron chi connectivity index (χ2n) is 5.05. The number of nitrogens with one attached hydrogen (secondary N) is 1. The SMILES string of the molecule is CC(C)c1ccc(NC2CCC2C(=O)O)cc1. The molecule has 17 heavy (non-hydrogen) atoms. The van der Waals surface area contributed by atoms with Crippen LogP contribution in [-0.2, 0) is 4.79 Å². The van der Waals surface area contributed by atoms with Gasteiger partial charge < -0.3 is 10.4 Å². The smallest absolute Gasteiger partial charge is 0.308 e. The third-order valence-corrected chi connectivity index (χ3v) is 3.52. The monoisotopic (exact) mass is 233 g/mol. The fraction of sp³-hybridized carbons (Fsp3) is 0.500. The summed E-state index contributed by atoms with van der Waals surface area (Å²) in [6, 6.07) is 8.36. The van der Waals surface area contributed by atoms with Gasteiger partial charge in [0.15, 0.2) is 0 Å². The molecule has 0 aromatic heterocycles. The van der Waals surface area contributed by atoms with E-state index in [4.69, 9.17) is 5.11 Å². The van der Waals surface area contributed by atoms with Crippen molar-refractivity contribution in [3.8, 4) is 0 Å². The first-order valence-corrected chi connectivity index (χ1v) is 6.17. The molecule has 3 nitrogen and oxygen atoms in total. The van der Waals surface area contributed by atoms with Crippen LogP contribution in [0.3, 0.4) is 0 Å². The largest absolute Gasteiger partial charge is 0.481 e. The van der Waals surface area contributed by atoms with Crippen LogP contribution in [0.5, 0.6) is 0 Å². The van der Waals surface area contributed by atoms with Crippen molar-refractivity contribution in [3.63, 3.8) is 0 Å². The minimum absolute atomic E-state index is 0.0948. The highest BCUT2D eigenvalue weighted by Gasteiger charge is 2.36. The van der Waals surface area contributed by atoms with E-state index in [1.807, 2.05) is 12.1 Å². The molecule has 2 rings (SSSR count). The summed E-state index contributed by atoms with van der Waals surface area (Å²) in [5.74, 6) is -0.383. The summed E-state index contributed by atoms with van der Waals surface area (Å²) in [5.41, 5.74) is 2.32. The summed E-state index contributed by atoms with van der Waals surface area (Å²) in [7, 11) is 0. The Kier molecular flexibility index (Phi) is 3.36. The van der Waals surface area contributed by atoms with Crippen molar-refractivity contribution in [2.45, 2.75) is 38.6 Å². The molecule has 2 unspecified atom stereocenters. The van der Waals surface area contributed by atoms with E-state index in [1.54, 1.807) is 0 Å². The number of rotatable bonds is 4. The second-order valence-corrected chi connectivity index (χ2v) is 5.05. The number of hydrogen-bond donors (Lipinski definition) is 2. The molecule has 1 aliphatic carbocycles. The zero-order valence-corrected chi connectivity index (χ0v) is 10.3. The Morgan fingerprint density at radius 2 is 1.94 bits per heavy atom. The maximum Gasteiger partial charge on any atom is 0.308 e. The fourth-order valence-electron chi connectivity index (χ4n) is 2.15. The van der Waals surface area contributed by atoms with E-state index in [0.29, 0.717) is 5.92 Å². The van der Waals surface area contributed by atoms with Gasteiger partial charge in [0, 0.05) is 11.7 Å². The average molecular weight is 233 g/mol. The van der Waals surface area contributed by atoms with Gasteiger partial charge in [-0.3, -0.25) is 4.79 Å². The predicted octanol–water partition coefficient (Wildman–Crippen LogP) is 3.09. The van der Waals surface area contributed by atoms with Crippen LogP contribution < -0.4 is 5.32 Å². The highest BCUT2D eigenvalue weighted by atomic mass is 16.4. The van der Waals surface area contributed by atoms with E-state index >= 15 is 0 Å². The third-order valence-electron chi connectivity index (χ3n) is 3.52. The van der Waals surface area contributed by atoms with E-state index in [0.717, 1.165) is 18.5 Å². The Hall–Kier alpha value is -1.51. The van der Waals surface area contributed by atoms with E-state index in [9.17, 15) is 4.79 Å². The molecule has 1 saturated carbocycles. The lowest BCUT2D eigenvalue weighted by molar-refractivity contribution is -0.144. The van der Waals surface area contributed by atoms with Crippen molar-refractivity contribution < 1.29 is 9.90 Å². The number of carboxylic acid groups (broad SMARTS) is 1. The third kappa shape index (κ3) is 2.60. The summed E-state index contributed by atoms with van der Waals surface area (Å²) in [4.78, 5) is 10.9. The first-order valence-electron chi connectivity index (χ1n) is 6.17. The lowest BCUT2D eigenvalue weighted by Gasteiger charge is -2.34. The van der Waals surface area contributed by atoms with Crippen LogP contribution in [0.15, 0.2) is 24.3 Å². The van der Waals surface area contributed by atoms with Gasteiger partial charge in [0.1, 0.15) is 0 Å². The zero-order valence-electron chi connectivity index (χ0n) is 10.3. The van der Waals surface area contributed by atoms with E-state index in [2.05, 4.69) is 31.3 Å². The maximum absolute atomic E-state index is 10.9. The number of benzene rings is 1. The van der Waals surface area contributed by atoms with Gasteiger partial charge in [0.25, 0.3) is 0 Å². The summed E-state index contributed by atoms with van der Waals surface area (Å²) < 4.78 is 0. The zero-order chi connectivity index (χ0) is 12.4. The van der Waals surface area contributed by atoms with Gasteiger partial charge >= 0.3 is 5.97 Å². The fourth-order valence-corrected chi connectivity index (χ4v) is 2.15. The van der Waals surface area contributed by atoms with Gasteiger partial charge in [-0.1, -0.05) is 26.0 Å². The number of aliphatic carboxylic acids is 1. The molecule has 1 aliphatic rings. The molecule has 0 amide bonds. The van der Waals surface area contributed by atoms with E-state index in [1.165, 1.54) is 5.56 Å². The minimum atomic E-state index is -0.687. The van der Waals surface area contributed by atoms with Crippen LogP contribution in [0.4, 0.5) is 5.69 Å². The first-order chi connectivity index (χ1) is 8.08. The molecule has 0 saturated heterocycles. The van der Waals surface area contributed by atoms with Gasteiger partial charge in [0.05, 0.1) is 5.92 Å². The molecule has 0 aliphatic heterocycles. The second kappa shape index (κ2) is 4.78. The number of anilines is 1. The van der Waals surface area contributed by atoms with E-state index in [-0.39, 0.29) is 12.0 Å². The number of hydrogen-bond acceptors (Lipinski definition) is 2. The van der Waals surface area contributed by atoms with Crippen LogP contribution in [0, 0.1) is 5.92 Å². The quantitative estimate of drug-likeness (QED) is 0.840. The number of carboxylic acids is 1. The van der Waals surface area contributed by atoms with Crippen LogP contribution >= 0.6 is 0 Å². The molecule has 1 aromatic rings. The average Bonchev–Trinajstić information content (AvgIpc) is 2.24. The Labute approximate surface area is 102 Å². The van der Waals surface area contributed by atoms with Crippen LogP contribution in [0.2, 0.25) is 0 Å². The van der Waals surface area contributed by atoms with Crippen molar-refractivity contribution in [2.24, 2.45) is 5.92 Å². The summed E-state index contributed by atoms with van der Waals surface area (Å²) in [5, 5.41) is 12.3. The molecular formula is C14H19NO2. The molecular weight excluding hydrogens is 214 g/mol. The van der Waals surface area contributed by atoms with Gasteiger partial charge in [-0.15, -0.1) is 0 Å². The van der Waals surface area contributed by atoms with Crippen LogP contribution in [-0.4, -0.2) is 17.1 Å². The lowest BCUT2D eigenvalue weighted by Crippen LogP contribution is -2.42. The van der Waals surface area contributed by atoms with Gasteiger partial charge in [-0.25, -0.2) is 0 Å². The summed E-state index contributed by atoms with van der Waals surface area (Å²) >= 11 is 0. The van der Waals surface area contributed by atoms with Gasteiger partial charge in [-0.05, 0) is 36.5 Å². The topological polar surface area (TPSA) is 49.3 Å². The minimum Gasteiger partial charge on any atom is -0.481 e. The summed E-state index contributed by atoms with van der Waals surface area (Å²) in [6.07, 6.45) is 1.74. The molecule has 2 N–H and O–H groups in total. The molecule has 0 heterocycles. The van der Waals surface area contributed by atoms with Gasteiger partial charge in [0.2, 0.25) is 0 Å². The first kappa shape index (κ1) is 12.0. The van der Waals surface area contributed by atoms with Crippen LogP contribution in [0.25, 0.3) is 0 Å². The molecule has 1 aromatic carbocycles. The van der Waals surface area contributed by atoms with Gasteiger partial charge in [-0.2, -0.15) is 0 Å². The molecule has 0 bridgehead atoms. The van der Waals surface area contributed by atoms with Crippen molar-refractivity contribution in [3.05, 3.63) is 29.8 Å². The maximum atomic E-state index is 10.9. The highest BCUT2D eigenvalue weighted by Crippen LogP contribution is 2.31. The predicted molar refractivity (Wildman–Crippen MR) is 68.3 cm³/mol. The van der Waals surface area contributed by atoms with Crippen molar-refractivity contribution in [2.75, 3.05) is 5.32 Å². The standard InChI is InChI=1S/C14H19NO2/c1-9(2)10-3-5-11(6-4-10)15-13-8-7-12(13)14(16)17/h3-6,9,12-13,15H,7-8H2,1-2H3,(H,16,17). The van der Waals surface area contributed by atoms with Crippen molar-refractivity contribution >= 4 is 11.7 Å². The Morgan fingerprint density at radius 1 is 1.29 bits per heavy atom. The van der Waals surface area contributed by atoms with E-state index < -0.39 is 5.97 Å². The normalized spacial score (nSPS) is 23.2. The Balaban J connectivity index is 1.97. The van der Waals surface area contributed by atoms with Crippen molar-refractivity contribution in [1.29, 1.82) is 0 Å². The van der Waals surface area contributed by atoms with Crippen molar-refractivity contribution in [1.82, 2.24) is 0 Å². The Morgan fingerprint density at radius 3 is 2.35 bits per heavy atom. The molecule has 2 atom stereocenters. The van der Waals surface area contributed by atoms with Crippen LogP contribution in [0.1, 0.15) is 38.2 Å². The molecule has 0 spiro atoms. The number of carbonyl (C=O) groups is 1. The molecule has 1 fully saturated rings. The molecule has 3 heteroatoms. The molecule has 0 radical (unpaired) electrons. The lowest BCUT2D eigenvalue weighted by atomic mass is 9.79. The summed E-state index contributed by atoms with van der Waals surface area (Å²) in [6.45, 7) is 4.32. The Bertz CT molecular complexity index is 397. The highest BCUT2D eigenvalue weighted by molar-refractivity contribution is 5.73. The molecule has 92 valence electrons.